The van der Waals surface area contributed by atoms with Crippen LogP contribution in [0.4, 0.5) is 0 Å². The van der Waals surface area contributed by atoms with Gasteiger partial charge in [0.2, 0.25) is 0 Å². The highest BCUT2D eigenvalue weighted by Crippen LogP contribution is 2.28. The van der Waals surface area contributed by atoms with Crippen LogP contribution in [0.5, 0.6) is 5.75 Å². The Kier molecular flexibility index (Phi) is 6.17. The molecule has 0 fully saturated rings. The van der Waals surface area contributed by atoms with Gasteiger partial charge in [-0.15, -0.1) is 11.8 Å². The Hall–Kier alpha value is -0.710. The van der Waals surface area contributed by atoms with Crippen LogP contribution < -0.4 is 10.1 Å². The standard InChI is InChI=1S/C15H25NO2S/c1-11(2)15(3,17)10-16-9-12-6-7-14(19-5)13(8-12)18-4/h6-8,11,16-17H,9-10H2,1-5H3. The van der Waals surface area contributed by atoms with Crippen LogP contribution in [0.25, 0.3) is 0 Å². The number of hydrogen-bond donors (Lipinski definition) is 2. The van der Waals surface area contributed by atoms with E-state index >= 15 is 0 Å². The number of rotatable bonds is 7. The molecule has 1 aromatic rings. The molecular formula is C15H25NO2S. The van der Waals surface area contributed by atoms with E-state index in [-0.39, 0.29) is 5.92 Å². The van der Waals surface area contributed by atoms with Gasteiger partial charge in [0, 0.05) is 18.0 Å². The molecule has 0 amide bonds. The number of methoxy groups -OCH3 is 1. The number of benzene rings is 1. The number of aliphatic hydroxyl groups is 1. The van der Waals surface area contributed by atoms with Crippen LogP contribution in [-0.4, -0.2) is 30.6 Å². The topological polar surface area (TPSA) is 41.5 Å². The molecule has 2 N–H and O–H groups in total. The van der Waals surface area contributed by atoms with Crippen LogP contribution >= 0.6 is 11.8 Å². The summed E-state index contributed by atoms with van der Waals surface area (Å²) in [5.41, 5.74) is 0.484. The lowest BCUT2D eigenvalue weighted by Crippen LogP contribution is -2.41. The molecule has 1 atom stereocenters. The summed E-state index contributed by atoms with van der Waals surface area (Å²) in [7, 11) is 1.69. The van der Waals surface area contributed by atoms with E-state index < -0.39 is 5.60 Å². The molecule has 3 nitrogen and oxygen atoms in total. The Balaban J connectivity index is 2.59. The minimum absolute atomic E-state index is 0.230. The molecule has 1 unspecified atom stereocenters. The Labute approximate surface area is 120 Å². The summed E-state index contributed by atoms with van der Waals surface area (Å²) in [6.45, 7) is 7.23. The van der Waals surface area contributed by atoms with E-state index in [4.69, 9.17) is 4.74 Å². The van der Waals surface area contributed by atoms with Gasteiger partial charge >= 0.3 is 0 Å². The largest absolute Gasteiger partial charge is 0.496 e. The molecule has 0 aromatic heterocycles. The molecule has 0 aliphatic carbocycles. The third-order valence-corrected chi connectivity index (χ3v) is 4.28. The Morgan fingerprint density at radius 3 is 2.63 bits per heavy atom. The summed E-state index contributed by atoms with van der Waals surface area (Å²) < 4.78 is 5.36. The quantitative estimate of drug-likeness (QED) is 0.755. The van der Waals surface area contributed by atoms with Gasteiger partial charge in [-0.1, -0.05) is 19.9 Å². The second kappa shape index (κ2) is 7.17. The number of hydrogen-bond acceptors (Lipinski definition) is 4. The lowest BCUT2D eigenvalue weighted by molar-refractivity contribution is 0.0140. The van der Waals surface area contributed by atoms with Gasteiger partial charge in [0.1, 0.15) is 5.75 Å². The SMILES string of the molecule is COc1cc(CNCC(C)(O)C(C)C)ccc1SC. The van der Waals surface area contributed by atoms with Gasteiger partial charge < -0.3 is 15.2 Å². The van der Waals surface area contributed by atoms with Crippen molar-refractivity contribution in [3.63, 3.8) is 0 Å². The van der Waals surface area contributed by atoms with Crippen LogP contribution in [-0.2, 0) is 6.54 Å². The van der Waals surface area contributed by atoms with Gasteiger partial charge in [-0.2, -0.15) is 0 Å². The molecule has 4 heteroatoms. The third-order valence-electron chi connectivity index (χ3n) is 3.50. The molecule has 19 heavy (non-hydrogen) atoms. The van der Waals surface area contributed by atoms with Crippen molar-refractivity contribution in [2.45, 2.75) is 37.8 Å². The number of ether oxygens (including phenoxy) is 1. The van der Waals surface area contributed by atoms with E-state index in [0.717, 1.165) is 22.8 Å². The van der Waals surface area contributed by atoms with Gasteiger partial charge in [0.25, 0.3) is 0 Å². The minimum atomic E-state index is -0.677. The van der Waals surface area contributed by atoms with E-state index in [1.165, 1.54) is 0 Å². The first-order valence-corrected chi connectivity index (χ1v) is 7.77. The zero-order chi connectivity index (χ0) is 14.5. The summed E-state index contributed by atoms with van der Waals surface area (Å²) in [6, 6.07) is 6.20. The van der Waals surface area contributed by atoms with Gasteiger partial charge in [0.15, 0.2) is 0 Å². The van der Waals surface area contributed by atoms with Crippen LogP contribution in [0, 0.1) is 5.92 Å². The fourth-order valence-corrected chi connectivity index (χ4v) is 2.20. The van der Waals surface area contributed by atoms with E-state index in [0.29, 0.717) is 6.54 Å². The zero-order valence-corrected chi connectivity index (χ0v) is 13.3. The molecule has 0 heterocycles. The molecule has 0 bridgehead atoms. The average molecular weight is 283 g/mol. The predicted molar refractivity (Wildman–Crippen MR) is 81.9 cm³/mol. The summed E-state index contributed by atoms with van der Waals surface area (Å²) >= 11 is 1.68. The molecule has 0 saturated carbocycles. The summed E-state index contributed by atoms with van der Waals surface area (Å²) in [4.78, 5) is 1.14. The fraction of sp³-hybridized carbons (Fsp3) is 0.600. The van der Waals surface area contributed by atoms with E-state index in [1.54, 1.807) is 18.9 Å². The smallest absolute Gasteiger partial charge is 0.132 e. The van der Waals surface area contributed by atoms with Crippen LogP contribution in [0.15, 0.2) is 23.1 Å². The van der Waals surface area contributed by atoms with Crippen LogP contribution in [0.3, 0.4) is 0 Å². The van der Waals surface area contributed by atoms with Crippen molar-refractivity contribution < 1.29 is 9.84 Å². The molecule has 108 valence electrons. The molecule has 0 saturated heterocycles. The highest BCUT2D eigenvalue weighted by atomic mass is 32.2. The molecule has 0 aliphatic rings. The van der Waals surface area contributed by atoms with Crippen molar-refractivity contribution in [1.82, 2.24) is 5.32 Å². The van der Waals surface area contributed by atoms with E-state index in [1.807, 2.05) is 33.1 Å². The van der Waals surface area contributed by atoms with Crippen molar-refractivity contribution in [3.8, 4) is 5.75 Å². The third kappa shape index (κ3) is 4.71. The molecule has 0 radical (unpaired) electrons. The minimum Gasteiger partial charge on any atom is -0.496 e. The molecular weight excluding hydrogens is 258 g/mol. The highest BCUT2D eigenvalue weighted by molar-refractivity contribution is 7.98. The maximum Gasteiger partial charge on any atom is 0.132 e. The monoisotopic (exact) mass is 283 g/mol. The lowest BCUT2D eigenvalue weighted by atomic mass is 9.92. The van der Waals surface area contributed by atoms with Gasteiger partial charge in [-0.3, -0.25) is 0 Å². The summed E-state index contributed by atoms with van der Waals surface area (Å²) in [5.74, 6) is 1.14. The van der Waals surface area contributed by atoms with Gasteiger partial charge in [0.05, 0.1) is 12.7 Å². The molecule has 0 aliphatic heterocycles. The predicted octanol–water partition coefficient (Wildman–Crippen LogP) is 2.91. The van der Waals surface area contributed by atoms with Crippen molar-refractivity contribution in [2.75, 3.05) is 19.9 Å². The van der Waals surface area contributed by atoms with Crippen LogP contribution in [0.2, 0.25) is 0 Å². The van der Waals surface area contributed by atoms with E-state index in [9.17, 15) is 5.11 Å². The summed E-state index contributed by atoms with van der Waals surface area (Å²) in [5, 5.41) is 13.5. The second-order valence-electron chi connectivity index (χ2n) is 5.30. The lowest BCUT2D eigenvalue weighted by Gasteiger charge is -2.28. The first-order chi connectivity index (χ1) is 8.90. The fourth-order valence-electron chi connectivity index (χ4n) is 1.65. The maximum absolute atomic E-state index is 10.2. The van der Waals surface area contributed by atoms with E-state index in [2.05, 4.69) is 17.4 Å². The van der Waals surface area contributed by atoms with Crippen LogP contribution in [0.1, 0.15) is 26.3 Å². The first-order valence-electron chi connectivity index (χ1n) is 6.54. The highest BCUT2D eigenvalue weighted by Gasteiger charge is 2.23. The average Bonchev–Trinajstić information content (AvgIpc) is 2.38. The second-order valence-corrected chi connectivity index (χ2v) is 6.15. The molecule has 0 spiro atoms. The maximum atomic E-state index is 10.2. The number of thioether (sulfide) groups is 1. The normalized spacial score (nSPS) is 14.5. The Morgan fingerprint density at radius 1 is 1.42 bits per heavy atom. The Bertz CT molecular complexity index is 405. The van der Waals surface area contributed by atoms with Crippen molar-refractivity contribution >= 4 is 11.8 Å². The first kappa shape index (κ1) is 16.3. The van der Waals surface area contributed by atoms with Gasteiger partial charge in [-0.25, -0.2) is 0 Å². The Morgan fingerprint density at radius 2 is 2.11 bits per heavy atom. The molecule has 1 rings (SSSR count). The molecule has 1 aromatic carbocycles. The van der Waals surface area contributed by atoms with Crippen molar-refractivity contribution in [1.29, 1.82) is 0 Å². The summed E-state index contributed by atoms with van der Waals surface area (Å²) in [6.07, 6.45) is 2.04. The van der Waals surface area contributed by atoms with Crippen molar-refractivity contribution in [2.24, 2.45) is 5.92 Å². The zero-order valence-electron chi connectivity index (χ0n) is 12.5. The number of nitrogens with one attached hydrogen (secondary N) is 1. The van der Waals surface area contributed by atoms with Crippen molar-refractivity contribution in [3.05, 3.63) is 23.8 Å². The van der Waals surface area contributed by atoms with Gasteiger partial charge in [-0.05, 0) is 36.8 Å².